The Kier molecular flexibility index (Phi) is 44.5. The number of carboxylic acid groups (broad SMARTS) is 1. The van der Waals surface area contributed by atoms with Gasteiger partial charge in [0.15, 0.2) is 47.5 Å². The first-order valence-corrected chi connectivity index (χ1v) is 50.3. The average Bonchev–Trinajstić information content (AvgIpc) is 0.744. The van der Waals surface area contributed by atoms with E-state index in [1.165, 1.54) is 117 Å². The molecule has 0 aromatic heterocycles. The van der Waals surface area contributed by atoms with Crippen LogP contribution in [0, 0.1) is 51.9 Å². The van der Waals surface area contributed by atoms with Gasteiger partial charge in [0.2, 0.25) is 52.6 Å². The number of alkyl carbamates (subject to hydrolysis) is 2. The number of nitrogens with two attached hydrogens (primary N) is 1. The number of rotatable bonds is 46. The van der Waals surface area contributed by atoms with Crippen LogP contribution in [0.1, 0.15) is 148 Å². The Hall–Kier alpha value is -9.21. The molecule has 5 saturated heterocycles. The molecule has 784 valence electrons. The molecule has 7 aliphatic rings. The van der Waals surface area contributed by atoms with E-state index in [-0.39, 0.29) is 135 Å². The number of fused-ring (bicyclic) bond motifs is 2. The van der Waals surface area contributed by atoms with Gasteiger partial charge in [-0.05, 0) is 126 Å². The molecule has 2 aromatic rings. The maximum absolute atomic E-state index is 14.7. The van der Waals surface area contributed by atoms with Crippen molar-refractivity contribution in [3.63, 3.8) is 0 Å². The number of aliphatic hydroxyl groups excluding tert-OH is 6. The Morgan fingerprint density at radius 3 is 2.13 bits per heavy atom. The minimum absolute atomic E-state index is 0.0329. The number of benzene rings is 2. The number of carboxylic acids is 1. The van der Waals surface area contributed by atoms with Crippen molar-refractivity contribution in [2.45, 2.75) is 272 Å². The number of primary amides is 1. The van der Waals surface area contributed by atoms with Gasteiger partial charge in [-0.1, -0.05) is 82.2 Å². The third kappa shape index (κ3) is 31.4. The lowest BCUT2D eigenvalue weighted by molar-refractivity contribution is -0.337. The fourth-order valence-corrected chi connectivity index (χ4v) is 21.0. The molecule has 0 spiro atoms. The molecule has 2 aliphatic carbocycles. The van der Waals surface area contributed by atoms with Crippen molar-refractivity contribution in [1.82, 2.24) is 36.5 Å². The number of allylic oxidation sites excluding steroid dienone is 3. The number of nitrogens with zero attached hydrogens (tertiary/aromatic N) is 2. The number of aliphatic hydroxyl groups is 7. The van der Waals surface area contributed by atoms with Crippen molar-refractivity contribution in [3.05, 3.63) is 79.6 Å². The van der Waals surface area contributed by atoms with Crippen LogP contribution >= 0.6 is 55.9 Å². The molecule has 5 heterocycles. The summed E-state index contributed by atoms with van der Waals surface area (Å²) in [5, 5.41) is 99.2. The topological polar surface area (TPSA) is 618 Å². The van der Waals surface area contributed by atoms with Gasteiger partial charge in [0.05, 0.1) is 128 Å². The number of aliphatic carboxylic acids is 1. The van der Waals surface area contributed by atoms with Crippen LogP contribution in [0.3, 0.4) is 0 Å². The summed E-state index contributed by atoms with van der Waals surface area (Å²) in [5.41, 5.74) is 6.36. The zero-order chi connectivity index (χ0) is 104. The van der Waals surface area contributed by atoms with Crippen LogP contribution in [-0.4, -0.2) is 346 Å². The zero-order valence-electron chi connectivity index (χ0n) is 81.1. The molecule has 18 unspecified atom stereocenters. The van der Waals surface area contributed by atoms with Gasteiger partial charge in [-0.2, -0.15) is 5.48 Å². The summed E-state index contributed by atoms with van der Waals surface area (Å²) in [5.74, 6) is 2.20. The summed E-state index contributed by atoms with van der Waals surface area (Å²) in [4.78, 5) is 182. The number of nitrogens with one attached hydrogen (secondary N) is 6. The Morgan fingerprint density at radius 1 is 0.796 bits per heavy atom. The Balaban J connectivity index is 0.872. The van der Waals surface area contributed by atoms with E-state index in [0.717, 1.165) is 18.9 Å². The zero-order valence-corrected chi connectivity index (χ0v) is 85.7. The molecule has 5 aliphatic heterocycles. The number of piperidine rings is 1. The molecule has 8 amide bonds. The number of Topliss-reactive ketones (excluding diaryl/α,β-unsaturated/α-hetero) is 3. The second kappa shape index (κ2) is 54.3. The van der Waals surface area contributed by atoms with E-state index in [2.05, 4.69) is 55.7 Å². The molecule has 2 bridgehead atoms. The number of halogens is 1. The second-order valence-corrected chi connectivity index (χ2v) is 40.9. The number of likely N-dealkylation sites (N-methyl/N-ethyl adjacent to an activating group) is 1. The molecule has 16 N–H and O–H groups in total. The average molecular weight is 2170 g/mol. The van der Waals surface area contributed by atoms with Crippen LogP contribution in [0.2, 0.25) is 0 Å². The number of hydrogen-bond acceptors (Lipinski definition) is 38. The highest BCUT2D eigenvalue weighted by atomic mass is 127. The minimum Gasteiger partial charge on any atom is -0.492 e. The van der Waals surface area contributed by atoms with E-state index in [0.29, 0.717) is 27.5 Å². The molecule has 142 heavy (non-hydrogen) atoms. The molecule has 9 rings (SSSR count). The first kappa shape index (κ1) is 116. The summed E-state index contributed by atoms with van der Waals surface area (Å²) < 4.78 is 78.3. The van der Waals surface area contributed by atoms with Crippen molar-refractivity contribution < 1.29 is 170 Å². The number of hydroxylamine groups is 1. The van der Waals surface area contributed by atoms with E-state index < -0.39 is 252 Å². The SMILES string of the molecule is CCN(C(=O)CNC(=O)OCc1ccc(NC(=O)[C@H](CC(N)=O)CC(=O)[C@H](C)NC(=O)[C@H](C)CC(=O)CCC(=O)N2CCC(C(=O)O)CC2)cc1)C1COC(OC2C(O[C@H]3C#C/C=C\C#C[C@]4(O)CC(=O)C(NC(=O)OC)=C3/C4=C\CSSC(C)(C)CC(=O)NCC(O)CO)OC(C)C(NOC3CC(O)C(SC(=O)c4c(C)c(I)c(OC5OC(C)C(O)C(OC)C5O)c(OC)c4OC)C(C)O3)C2O)CC1OC. The summed E-state index contributed by atoms with van der Waals surface area (Å²) in [6, 6.07) is 2.57. The van der Waals surface area contributed by atoms with Crippen LogP contribution in [-0.2, 0) is 107 Å². The van der Waals surface area contributed by atoms with Gasteiger partial charge in [0.25, 0.3) is 0 Å². The van der Waals surface area contributed by atoms with E-state index in [9.17, 15) is 103 Å². The summed E-state index contributed by atoms with van der Waals surface area (Å²) in [6.45, 7) is 13.0. The smallest absolute Gasteiger partial charge is 0.411 e. The third-order valence-corrected chi connectivity index (χ3v) is 30.5. The first-order valence-electron chi connectivity index (χ1n) is 46.1. The molecule has 23 atom stereocenters. The predicted octanol–water partition coefficient (Wildman–Crippen LogP) is 2.32. The predicted molar refractivity (Wildman–Crippen MR) is 517 cm³/mol. The van der Waals surface area contributed by atoms with Gasteiger partial charge in [-0.15, -0.1) is 0 Å². The van der Waals surface area contributed by atoms with Crippen molar-refractivity contribution in [2.75, 3.05) is 92.6 Å². The second-order valence-electron chi connectivity index (χ2n) is 35.6. The number of methoxy groups -OCH3 is 5. The molecule has 2 aromatic carbocycles. The van der Waals surface area contributed by atoms with E-state index in [1.807, 2.05) is 22.6 Å². The van der Waals surface area contributed by atoms with Crippen molar-refractivity contribution >= 4 is 138 Å². The van der Waals surface area contributed by atoms with E-state index in [1.54, 1.807) is 47.6 Å². The number of anilines is 1. The molecular weight excluding hydrogens is 2040 g/mol. The number of thioether (sulfide) groups is 1. The van der Waals surface area contributed by atoms with E-state index in [4.69, 9.17) is 72.2 Å². The third-order valence-electron chi connectivity index (χ3n) is 24.7. The number of ether oxygens (including phenoxy) is 13. The number of likely N-dealkylation sites (tertiary alicyclic amines) is 1. The minimum atomic E-state index is -2.31. The highest BCUT2D eigenvalue weighted by Crippen LogP contribution is 2.50. The fourth-order valence-electron chi connectivity index (χ4n) is 16.9. The lowest BCUT2D eigenvalue weighted by atomic mass is 9.75. The van der Waals surface area contributed by atoms with Gasteiger partial charge < -0.3 is 139 Å². The lowest BCUT2D eigenvalue weighted by Gasteiger charge is -2.47. The molecule has 44 nitrogen and oxygen atoms in total. The van der Waals surface area contributed by atoms with Crippen LogP contribution in [0.4, 0.5) is 15.3 Å². The van der Waals surface area contributed by atoms with Crippen molar-refractivity contribution in [3.8, 4) is 40.9 Å². The van der Waals surface area contributed by atoms with E-state index >= 15 is 0 Å². The van der Waals surface area contributed by atoms with Crippen LogP contribution in [0.25, 0.3) is 0 Å². The normalized spacial score (nSPS) is 27.5. The summed E-state index contributed by atoms with van der Waals surface area (Å²) in [6.07, 6.45) is -21.2. The van der Waals surface area contributed by atoms with Gasteiger partial charge in [0, 0.05) is 125 Å². The van der Waals surface area contributed by atoms with Gasteiger partial charge in [-0.25, -0.2) is 9.59 Å². The Morgan fingerprint density at radius 2 is 1.49 bits per heavy atom. The van der Waals surface area contributed by atoms with Gasteiger partial charge in [-0.3, -0.25) is 62.9 Å². The highest BCUT2D eigenvalue weighted by Gasteiger charge is 2.53. The fraction of sp³-hybridized carbons (Fsp3) is 0.628. The van der Waals surface area contributed by atoms with Gasteiger partial charge >= 0.3 is 18.2 Å². The standard InChI is InChI=1S/C94H128IN9O35S3/c1-15-104(68(114)42-98-91(123)132-44-52-21-23-55(24-22-52)100-86(119)54(36-65(96)111)35-60(108)48(4)99-85(118)46(2)34-56(106)25-26-67(113)103-31-27-53(28-32-103)87(120)121)59-45-131-69(38-64(59)126-10)137-82-77(116)74(102-139-70-37-61(109)84(51(7)133-70)141-88(122)71-47(3)73(95)80(83(129-13)79(71)127-11)138-89-78(117)81(128-12)76(115)50(6)135-89)49(5)134-90(82)136-63-20-18-16-17-19-30-94(125)39-62(110)75(101-92(124)130-14)72(63)58(94)29-33-140-142-93(8,9)40-66(112)97-41-57(107)43-105/h16-17,21-24,29,46,48-51,53-54,57,59,61,63-64,69-70,74,76-78,81-82,84,89-90,102,105,107,109,115-117,125H,15,25-28,31-45H2,1-14H3,(H2,96,111)(H,97,112)(H,98,123)(H,99,118)(H,100,119)(H,101,124)(H,120,121)/b17-16-,58-29+/t46-,48+,49?,50?,51?,54+,57?,59?,61?,63+,64?,69?,70?,74?,76?,77?,78?,81?,82?,84?,89?,90?,94+/m1/s1. The van der Waals surface area contributed by atoms with Crippen molar-refractivity contribution in [2.24, 2.45) is 23.5 Å². The Bertz CT molecular complexity index is 5050. The van der Waals surface area contributed by atoms with Gasteiger partial charge in [0.1, 0.15) is 55.6 Å². The number of amides is 8. The molecule has 0 saturated carbocycles. The number of hydrogen-bond donors (Lipinski definition) is 15. The quantitative estimate of drug-likeness (QED) is 0.0149. The van der Waals surface area contributed by atoms with Crippen LogP contribution in [0.15, 0.2) is 59.3 Å². The molecular formula is C94H128IN9O35S3. The maximum Gasteiger partial charge on any atom is 0.411 e. The summed E-state index contributed by atoms with van der Waals surface area (Å²) in [7, 11) is 8.90. The van der Waals surface area contributed by atoms with Crippen LogP contribution in [0.5, 0.6) is 17.2 Å². The number of carbonyl (C=O) groups is 13. The molecule has 48 heteroatoms. The largest absolute Gasteiger partial charge is 0.492 e. The monoisotopic (exact) mass is 2170 g/mol. The van der Waals surface area contributed by atoms with Crippen molar-refractivity contribution in [1.29, 1.82) is 0 Å². The molecule has 0 radical (unpaired) electrons. The maximum atomic E-state index is 14.7. The number of carbonyl (C=O) groups excluding carboxylic acids is 12. The number of ketones is 3. The Labute approximate surface area is 846 Å². The van der Waals surface area contributed by atoms with Crippen LogP contribution < -0.4 is 52.0 Å². The molecule has 5 fully saturated rings. The first-order chi connectivity index (χ1) is 67.3. The summed E-state index contributed by atoms with van der Waals surface area (Å²) >= 11 is 2.71. The lowest BCUT2D eigenvalue weighted by Crippen LogP contribution is -2.65. The highest BCUT2D eigenvalue weighted by molar-refractivity contribution is 14.1.